The highest BCUT2D eigenvalue weighted by atomic mass is 15.0. The molecule has 3 nitrogen and oxygen atoms in total. The van der Waals surface area contributed by atoms with E-state index in [1.165, 1.54) is 49.8 Å². The Bertz CT molecular complexity index is 2210. The molecule has 0 unspecified atom stereocenters. The third kappa shape index (κ3) is 2.89. The molecule has 0 saturated heterocycles. The van der Waals surface area contributed by atoms with Crippen LogP contribution in [0.2, 0.25) is 0 Å². The Morgan fingerprint density at radius 3 is 2.28 bits per heavy atom. The molecule has 1 aliphatic rings. The number of aromatic nitrogens is 2. The van der Waals surface area contributed by atoms with Crippen molar-refractivity contribution in [2.24, 2.45) is 7.05 Å². The van der Waals surface area contributed by atoms with Gasteiger partial charge in [0.05, 0.1) is 27.5 Å². The highest BCUT2D eigenvalue weighted by molar-refractivity contribution is 6.14. The first-order valence-electron chi connectivity index (χ1n) is 13.2. The fraction of sp³-hybridized carbons (Fsp3) is 0.0556. The minimum atomic E-state index is 0.679. The topological polar surface area (TPSA) is 32.6 Å². The van der Waals surface area contributed by atoms with E-state index in [-0.39, 0.29) is 0 Å². The van der Waals surface area contributed by atoms with Gasteiger partial charge in [-0.05, 0) is 64.4 Å². The van der Waals surface area contributed by atoms with Gasteiger partial charge in [0.15, 0.2) is 6.20 Å². The third-order valence-corrected chi connectivity index (χ3v) is 8.31. The number of nitrogens with zero attached hydrogens (tertiary/aromatic N) is 3. The maximum atomic E-state index is 10.1. The second-order valence-electron chi connectivity index (χ2n) is 10.4. The van der Waals surface area contributed by atoms with E-state index >= 15 is 0 Å². The van der Waals surface area contributed by atoms with E-state index < -0.39 is 0 Å². The molecule has 39 heavy (non-hydrogen) atoms. The summed E-state index contributed by atoms with van der Waals surface area (Å²) in [5, 5.41) is 14.8. The average molecular weight is 499 g/mol. The molecular weight excluding hydrogens is 474 g/mol. The van der Waals surface area contributed by atoms with Crippen molar-refractivity contribution in [2.75, 3.05) is 0 Å². The second kappa shape index (κ2) is 7.90. The van der Waals surface area contributed by atoms with Gasteiger partial charge in [0, 0.05) is 22.5 Å². The number of hydrogen-bond donors (Lipinski definition) is 0. The molecule has 1 aliphatic carbocycles. The second-order valence-corrected chi connectivity index (χ2v) is 10.4. The van der Waals surface area contributed by atoms with E-state index in [0.717, 1.165) is 27.5 Å². The Kier molecular flexibility index (Phi) is 4.42. The lowest BCUT2D eigenvalue weighted by molar-refractivity contribution is -0.659. The summed E-state index contributed by atoms with van der Waals surface area (Å²) < 4.78 is 4.54. The lowest BCUT2D eigenvalue weighted by Gasteiger charge is -2.15. The number of hydrogen-bond acceptors (Lipinski definition) is 1. The van der Waals surface area contributed by atoms with Gasteiger partial charge in [-0.1, -0.05) is 72.8 Å². The molecule has 0 fully saturated rings. The first kappa shape index (κ1) is 21.8. The molecule has 0 spiro atoms. The Morgan fingerprint density at radius 1 is 0.718 bits per heavy atom. The summed E-state index contributed by atoms with van der Waals surface area (Å²) >= 11 is 0. The molecule has 0 saturated carbocycles. The van der Waals surface area contributed by atoms with E-state index in [2.05, 4.69) is 126 Å². The summed E-state index contributed by atoms with van der Waals surface area (Å²) in [6, 6.07) is 39.1. The zero-order valence-electron chi connectivity index (χ0n) is 21.7. The molecular formula is C36H24N3+. The molecule has 3 heteroatoms. The molecule has 2 heterocycles. The monoisotopic (exact) mass is 498 g/mol. The van der Waals surface area contributed by atoms with Gasteiger partial charge in [0.25, 0.3) is 0 Å². The van der Waals surface area contributed by atoms with Crippen molar-refractivity contribution in [2.45, 2.75) is 6.92 Å². The van der Waals surface area contributed by atoms with Crippen LogP contribution in [0, 0.1) is 18.3 Å². The predicted octanol–water partition coefficient (Wildman–Crippen LogP) is 8.26. The van der Waals surface area contributed by atoms with Crippen molar-refractivity contribution >= 4 is 32.6 Å². The standard InChI is InChI=1S/C36H24N3/c1-22-9-7-14-29-26-11-3-4-12-27(26)31-20-25(19-23-17-18-38(2)36(33(22)29)34(23)31)39-32-16-6-5-13-28(32)30-15-8-10-24(21-37)35(30)39/h3-20H,1-2H3/q+1. The number of fused-ring (bicyclic) bond motifs is 8. The summed E-state index contributed by atoms with van der Waals surface area (Å²) in [5.74, 6) is 0. The molecule has 0 atom stereocenters. The molecule has 2 aromatic heterocycles. The highest BCUT2D eigenvalue weighted by Gasteiger charge is 2.29. The Labute approximate surface area is 226 Å². The van der Waals surface area contributed by atoms with Gasteiger partial charge in [-0.2, -0.15) is 5.26 Å². The number of benzene rings is 5. The lowest BCUT2D eigenvalue weighted by Crippen LogP contribution is -2.31. The lowest BCUT2D eigenvalue weighted by atomic mass is 9.92. The van der Waals surface area contributed by atoms with E-state index in [1.807, 2.05) is 12.1 Å². The summed E-state index contributed by atoms with van der Waals surface area (Å²) in [7, 11) is 2.14. The highest BCUT2D eigenvalue weighted by Crippen LogP contribution is 2.48. The van der Waals surface area contributed by atoms with Crippen LogP contribution in [0.4, 0.5) is 0 Å². The Morgan fingerprint density at radius 2 is 1.44 bits per heavy atom. The van der Waals surface area contributed by atoms with Gasteiger partial charge in [0.2, 0.25) is 5.69 Å². The van der Waals surface area contributed by atoms with Crippen LogP contribution in [0.25, 0.3) is 71.8 Å². The van der Waals surface area contributed by atoms with Crippen LogP contribution < -0.4 is 4.57 Å². The fourth-order valence-electron chi connectivity index (χ4n) is 6.67. The maximum absolute atomic E-state index is 10.1. The normalized spacial score (nSPS) is 11.8. The van der Waals surface area contributed by atoms with Gasteiger partial charge < -0.3 is 4.57 Å². The Hall–Kier alpha value is -5.20. The maximum Gasteiger partial charge on any atom is 0.221 e. The first-order chi connectivity index (χ1) is 19.2. The summed E-state index contributed by atoms with van der Waals surface area (Å²) in [5.41, 5.74) is 12.5. The summed E-state index contributed by atoms with van der Waals surface area (Å²) in [6.07, 6.45) is 2.17. The number of pyridine rings is 1. The zero-order valence-corrected chi connectivity index (χ0v) is 21.7. The van der Waals surface area contributed by atoms with Gasteiger partial charge in [-0.15, -0.1) is 0 Å². The van der Waals surface area contributed by atoms with E-state index in [0.29, 0.717) is 5.56 Å². The molecule has 0 N–H and O–H groups in total. The van der Waals surface area contributed by atoms with Crippen LogP contribution in [0.5, 0.6) is 0 Å². The van der Waals surface area contributed by atoms with Gasteiger partial charge in [-0.3, -0.25) is 0 Å². The van der Waals surface area contributed by atoms with Crippen LogP contribution in [0.15, 0.2) is 109 Å². The molecule has 0 aliphatic heterocycles. The zero-order chi connectivity index (χ0) is 26.2. The third-order valence-electron chi connectivity index (χ3n) is 8.31. The molecule has 182 valence electrons. The van der Waals surface area contributed by atoms with Gasteiger partial charge >= 0.3 is 0 Å². The SMILES string of the molecule is Cc1cccc2c1-c1c3c(cc(-n4c5ccccc5c5cccc(C#N)c54)cc3cc[n+]1C)-c1ccccc1-2. The van der Waals surface area contributed by atoms with E-state index in [4.69, 9.17) is 0 Å². The minimum Gasteiger partial charge on any atom is -0.308 e. The van der Waals surface area contributed by atoms with E-state index in [9.17, 15) is 5.26 Å². The van der Waals surface area contributed by atoms with Crippen LogP contribution >= 0.6 is 0 Å². The van der Waals surface area contributed by atoms with Crippen LogP contribution in [0.3, 0.4) is 0 Å². The van der Waals surface area contributed by atoms with Gasteiger partial charge in [-0.25, -0.2) is 4.57 Å². The number of para-hydroxylation sites is 2. The first-order valence-corrected chi connectivity index (χ1v) is 13.2. The number of aryl methyl sites for hydroxylation is 2. The van der Waals surface area contributed by atoms with Gasteiger partial charge in [0.1, 0.15) is 13.1 Å². The average Bonchev–Trinajstić information content (AvgIpc) is 3.25. The molecule has 0 radical (unpaired) electrons. The molecule has 5 aromatic carbocycles. The van der Waals surface area contributed by atoms with Crippen molar-refractivity contribution in [3.63, 3.8) is 0 Å². The largest absolute Gasteiger partial charge is 0.308 e. The van der Waals surface area contributed by atoms with Crippen LogP contribution in [-0.4, -0.2) is 4.57 Å². The number of rotatable bonds is 1. The molecule has 0 bridgehead atoms. The van der Waals surface area contributed by atoms with Crippen molar-refractivity contribution < 1.29 is 4.57 Å². The van der Waals surface area contributed by atoms with Crippen molar-refractivity contribution in [3.8, 4) is 45.3 Å². The van der Waals surface area contributed by atoms with Crippen molar-refractivity contribution in [3.05, 3.63) is 120 Å². The summed E-state index contributed by atoms with van der Waals surface area (Å²) in [6.45, 7) is 2.21. The number of nitriles is 1. The minimum absolute atomic E-state index is 0.679. The van der Waals surface area contributed by atoms with Crippen molar-refractivity contribution in [1.29, 1.82) is 5.26 Å². The van der Waals surface area contributed by atoms with Crippen LogP contribution in [-0.2, 0) is 7.05 Å². The van der Waals surface area contributed by atoms with Crippen LogP contribution in [0.1, 0.15) is 11.1 Å². The molecule has 0 amide bonds. The van der Waals surface area contributed by atoms with Crippen molar-refractivity contribution in [1.82, 2.24) is 4.57 Å². The fourth-order valence-corrected chi connectivity index (χ4v) is 6.67. The predicted molar refractivity (Wildman–Crippen MR) is 159 cm³/mol. The quantitative estimate of drug-likeness (QED) is 0.210. The molecule has 7 aromatic rings. The summed E-state index contributed by atoms with van der Waals surface area (Å²) in [4.78, 5) is 0. The Balaban J connectivity index is 1.59. The molecule has 8 rings (SSSR count). The smallest absolute Gasteiger partial charge is 0.221 e. The van der Waals surface area contributed by atoms with E-state index in [1.54, 1.807) is 0 Å².